The van der Waals surface area contributed by atoms with Crippen LogP contribution in [0.25, 0.3) is 0 Å². The molecule has 3 rings (SSSR count). The number of carbonyl (C=O) groups is 1. The molecular weight excluding hydrogens is 298 g/mol. The average Bonchev–Trinajstić information content (AvgIpc) is 2.94. The summed E-state index contributed by atoms with van der Waals surface area (Å²) in [6, 6.07) is 8.55. The van der Waals surface area contributed by atoms with Gasteiger partial charge < -0.3 is 16.0 Å². The molecule has 0 aromatic heterocycles. The molecule has 0 atom stereocenters. The van der Waals surface area contributed by atoms with Crippen LogP contribution in [-0.2, 0) is 6.42 Å². The fourth-order valence-corrected chi connectivity index (χ4v) is 4.11. The minimum absolute atomic E-state index is 0.0973. The summed E-state index contributed by atoms with van der Waals surface area (Å²) in [7, 11) is 0. The van der Waals surface area contributed by atoms with E-state index in [2.05, 4.69) is 11.4 Å². The first-order valence-electron chi connectivity index (χ1n) is 8.11. The number of urea groups is 1. The summed E-state index contributed by atoms with van der Waals surface area (Å²) in [5.41, 5.74) is 7.53. The lowest BCUT2D eigenvalue weighted by molar-refractivity contribution is 0.118. The Bertz CT molecular complexity index is 540. The van der Waals surface area contributed by atoms with Gasteiger partial charge in [-0.15, -0.1) is 0 Å². The van der Waals surface area contributed by atoms with Crippen LogP contribution in [-0.4, -0.2) is 36.6 Å². The highest BCUT2D eigenvalue weighted by molar-refractivity contribution is 6.30. The Labute approximate surface area is 137 Å². The fourth-order valence-electron chi connectivity index (χ4n) is 3.89. The lowest BCUT2D eigenvalue weighted by Crippen LogP contribution is -2.45. The van der Waals surface area contributed by atoms with E-state index in [4.69, 9.17) is 17.3 Å². The van der Waals surface area contributed by atoms with Crippen LogP contribution in [0.2, 0.25) is 5.02 Å². The highest BCUT2D eigenvalue weighted by Gasteiger charge is 2.38. The molecule has 1 aromatic carbocycles. The van der Waals surface area contributed by atoms with Gasteiger partial charge in [-0.25, -0.2) is 4.79 Å². The van der Waals surface area contributed by atoms with E-state index in [0.717, 1.165) is 50.2 Å². The van der Waals surface area contributed by atoms with E-state index >= 15 is 0 Å². The smallest absolute Gasteiger partial charge is 0.317 e. The van der Waals surface area contributed by atoms with Crippen LogP contribution < -0.4 is 11.1 Å². The minimum Gasteiger partial charge on any atom is -0.336 e. The third-order valence-electron chi connectivity index (χ3n) is 5.25. The van der Waals surface area contributed by atoms with Gasteiger partial charge in [0.05, 0.1) is 0 Å². The molecule has 1 aliphatic carbocycles. The van der Waals surface area contributed by atoms with Gasteiger partial charge in [0, 0.05) is 24.2 Å². The molecule has 22 heavy (non-hydrogen) atoms. The maximum absolute atomic E-state index is 11.8. The predicted molar refractivity (Wildman–Crippen MR) is 89.0 cm³/mol. The Balaban J connectivity index is 1.65. The van der Waals surface area contributed by atoms with Crippen LogP contribution in [0.4, 0.5) is 4.79 Å². The largest absolute Gasteiger partial charge is 0.336 e. The van der Waals surface area contributed by atoms with Crippen molar-refractivity contribution in [3.05, 3.63) is 34.9 Å². The summed E-state index contributed by atoms with van der Waals surface area (Å²) in [4.78, 5) is 13.8. The van der Waals surface area contributed by atoms with Crippen molar-refractivity contribution in [3.8, 4) is 0 Å². The van der Waals surface area contributed by atoms with Gasteiger partial charge in [-0.05, 0) is 61.8 Å². The SMILES string of the molecule is NC[C@]1(Cc2cccc(Cl)c2)CC[C@@H](N2CCNC2=O)CC1. The lowest BCUT2D eigenvalue weighted by atomic mass is 9.69. The molecule has 1 aromatic rings. The number of carbonyl (C=O) groups excluding carboxylic acids is 1. The number of nitrogens with zero attached hydrogens (tertiary/aromatic N) is 1. The maximum Gasteiger partial charge on any atom is 0.317 e. The van der Waals surface area contributed by atoms with E-state index in [1.165, 1.54) is 5.56 Å². The third-order valence-corrected chi connectivity index (χ3v) is 5.48. The molecule has 3 N–H and O–H groups in total. The van der Waals surface area contributed by atoms with Crippen LogP contribution in [0.5, 0.6) is 0 Å². The Morgan fingerprint density at radius 3 is 2.73 bits per heavy atom. The third kappa shape index (κ3) is 3.23. The molecule has 1 heterocycles. The monoisotopic (exact) mass is 321 g/mol. The highest BCUT2D eigenvalue weighted by atomic mass is 35.5. The molecule has 2 aliphatic rings. The van der Waals surface area contributed by atoms with Crippen LogP contribution in [0.15, 0.2) is 24.3 Å². The Kier molecular flexibility index (Phi) is 4.59. The lowest BCUT2D eigenvalue weighted by Gasteiger charge is -2.42. The first kappa shape index (κ1) is 15.6. The fraction of sp³-hybridized carbons (Fsp3) is 0.588. The first-order valence-corrected chi connectivity index (χ1v) is 8.49. The van der Waals surface area contributed by atoms with E-state index in [1.54, 1.807) is 0 Å². The standard InChI is InChI=1S/C17H24ClN3O/c18-14-3-1-2-13(10-14)11-17(12-19)6-4-15(5-7-17)21-9-8-20-16(21)22/h1-3,10,15H,4-9,11-12,19H2,(H,20,22)/t15-,17-. The molecule has 2 amide bonds. The zero-order chi connectivity index (χ0) is 15.6. The second-order valence-electron chi connectivity index (χ2n) is 6.67. The van der Waals surface area contributed by atoms with E-state index in [0.29, 0.717) is 12.6 Å². The predicted octanol–water partition coefficient (Wildman–Crippen LogP) is 2.80. The number of amides is 2. The summed E-state index contributed by atoms with van der Waals surface area (Å²) in [5.74, 6) is 0. The number of halogens is 1. The van der Waals surface area contributed by atoms with E-state index in [9.17, 15) is 4.79 Å². The van der Waals surface area contributed by atoms with Crippen molar-refractivity contribution in [1.82, 2.24) is 10.2 Å². The number of benzene rings is 1. The van der Waals surface area contributed by atoms with Crippen LogP contribution in [0.1, 0.15) is 31.2 Å². The number of nitrogens with two attached hydrogens (primary N) is 1. The van der Waals surface area contributed by atoms with Crippen molar-refractivity contribution < 1.29 is 4.79 Å². The molecule has 0 radical (unpaired) electrons. The van der Waals surface area contributed by atoms with E-state index in [1.807, 2.05) is 23.1 Å². The van der Waals surface area contributed by atoms with Gasteiger partial charge in [0.25, 0.3) is 0 Å². The normalized spacial score (nSPS) is 28.7. The summed E-state index contributed by atoms with van der Waals surface area (Å²) in [6.45, 7) is 2.31. The summed E-state index contributed by atoms with van der Waals surface area (Å²) in [5, 5.41) is 3.68. The minimum atomic E-state index is 0.0973. The maximum atomic E-state index is 11.8. The Morgan fingerprint density at radius 1 is 1.36 bits per heavy atom. The van der Waals surface area contributed by atoms with E-state index in [-0.39, 0.29) is 11.4 Å². The van der Waals surface area contributed by atoms with Crippen LogP contribution in [0, 0.1) is 5.41 Å². The van der Waals surface area contributed by atoms with Gasteiger partial charge >= 0.3 is 6.03 Å². The molecule has 1 saturated heterocycles. The van der Waals surface area contributed by atoms with Crippen molar-refractivity contribution in [3.63, 3.8) is 0 Å². The molecule has 1 aliphatic heterocycles. The molecular formula is C17H24ClN3O. The molecule has 0 spiro atoms. The van der Waals surface area contributed by atoms with Gasteiger partial charge in [0.1, 0.15) is 0 Å². The van der Waals surface area contributed by atoms with Gasteiger partial charge in [-0.1, -0.05) is 23.7 Å². The number of rotatable bonds is 4. The van der Waals surface area contributed by atoms with Gasteiger partial charge in [-0.3, -0.25) is 0 Å². The number of hydrogen-bond acceptors (Lipinski definition) is 2. The zero-order valence-corrected chi connectivity index (χ0v) is 13.6. The zero-order valence-electron chi connectivity index (χ0n) is 12.9. The molecule has 0 bridgehead atoms. The first-order chi connectivity index (χ1) is 10.6. The van der Waals surface area contributed by atoms with Gasteiger partial charge in [0.15, 0.2) is 0 Å². The molecule has 120 valence electrons. The van der Waals surface area contributed by atoms with Gasteiger partial charge in [0.2, 0.25) is 0 Å². The molecule has 0 unspecified atom stereocenters. The summed E-state index contributed by atoms with van der Waals surface area (Å²) >= 11 is 6.09. The Morgan fingerprint density at radius 2 is 2.14 bits per heavy atom. The second kappa shape index (κ2) is 6.47. The van der Waals surface area contributed by atoms with Gasteiger partial charge in [-0.2, -0.15) is 0 Å². The quantitative estimate of drug-likeness (QED) is 0.896. The van der Waals surface area contributed by atoms with Crippen LogP contribution >= 0.6 is 11.6 Å². The molecule has 2 fully saturated rings. The topological polar surface area (TPSA) is 58.4 Å². The Hall–Kier alpha value is -1.26. The van der Waals surface area contributed by atoms with Crippen molar-refractivity contribution in [1.29, 1.82) is 0 Å². The summed E-state index contributed by atoms with van der Waals surface area (Å²) < 4.78 is 0. The number of nitrogens with one attached hydrogen (secondary N) is 1. The van der Waals surface area contributed by atoms with Crippen molar-refractivity contribution in [2.45, 2.75) is 38.1 Å². The summed E-state index contributed by atoms with van der Waals surface area (Å²) in [6.07, 6.45) is 5.22. The highest BCUT2D eigenvalue weighted by Crippen LogP contribution is 2.40. The average molecular weight is 322 g/mol. The second-order valence-corrected chi connectivity index (χ2v) is 7.10. The van der Waals surface area contributed by atoms with E-state index < -0.39 is 0 Å². The number of hydrogen-bond donors (Lipinski definition) is 2. The van der Waals surface area contributed by atoms with Crippen molar-refractivity contribution >= 4 is 17.6 Å². The van der Waals surface area contributed by atoms with Crippen molar-refractivity contribution in [2.75, 3.05) is 19.6 Å². The van der Waals surface area contributed by atoms with Crippen LogP contribution in [0.3, 0.4) is 0 Å². The molecule has 1 saturated carbocycles. The van der Waals surface area contributed by atoms with Crippen molar-refractivity contribution in [2.24, 2.45) is 11.1 Å². The molecule has 5 heteroatoms. The molecule has 4 nitrogen and oxygen atoms in total.